The number of aryl methyl sites for hydroxylation is 2. The molecule has 1 aliphatic heterocycles. The number of rotatable bonds is 3. The van der Waals surface area contributed by atoms with E-state index >= 15 is 0 Å². The number of nitrogens with zero attached hydrogens (tertiary/aromatic N) is 2. The molecular formula is C15H19N3S3. The fourth-order valence-electron chi connectivity index (χ4n) is 3.09. The Morgan fingerprint density at radius 1 is 1.24 bits per heavy atom. The lowest BCUT2D eigenvalue weighted by atomic mass is 10.2. The van der Waals surface area contributed by atoms with Crippen molar-refractivity contribution in [2.45, 2.75) is 31.4 Å². The second-order valence-electron chi connectivity index (χ2n) is 5.43. The standard InChI is InChI=1S/C15H19N3S3/c1-2-16-14-12-9-4-3-5-10(9)21-15(12)18-13(17-14)11-8-19-6-7-20-11/h11H,2-8H2,1H3,(H,16,17,18). The highest BCUT2D eigenvalue weighted by Gasteiger charge is 2.25. The van der Waals surface area contributed by atoms with E-state index in [2.05, 4.69) is 12.2 Å². The molecule has 3 heterocycles. The fourth-order valence-corrected chi connectivity index (χ4v) is 6.96. The topological polar surface area (TPSA) is 37.8 Å². The number of anilines is 1. The van der Waals surface area contributed by atoms with E-state index in [4.69, 9.17) is 9.97 Å². The van der Waals surface area contributed by atoms with E-state index in [9.17, 15) is 0 Å². The number of aromatic nitrogens is 2. The zero-order valence-electron chi connectivity index (χ0n) is 12.1. The molecule has 6 heteroatoms. The maximum atomic E-state index is 4.94. The van der Waals surface area contributed by atoms with Gasteiger partial charge in [-0.3, -0.25) is 0 Å². The monoisotopic (exact) mass is 337 g/mol. The zero-order valence-corrected chi connectivity index (χ0v) is 14.6. The SMILES string of the molecule is CCNc1nc(C2CSCCS2)nc2sc3c(c12)CCC3. The number of thiophene rings is 1. The van der Waals surface area contributed by atoms with Crippen molar-refractivity contribution in [3.63, 3.8) is 0 Å². The lowest BCUT2D eigenvalue weighted by Crippen LogP contribution is -2.12. The third-order valence-electron chi connectivity index (χ3n) is 4.03. The van der Waals surface area contributed by atoms with E-state index in [1.54, 1.807) is 4.88 Å². The Morgan fingerprint density at radius 3 is 3.00 bits per heavy atom. The van der Waals surface area contributed by atoms with Gasteiger partial charge in [0.1, 0.15) is 16.5 Å². The van der Waals surface area contributed by atoms with Crippen LogP contribution < -0.4 is 5.32 Å². The van der Waals surface area contributed by atoms with Crippen LogP contribution in [0.25, 0.3) is 10.2 Å². The summed E-state index contributed by atoms with van der Waals surface area (Å²) in [5.74, 6) is 5.74. The van der Waals surface area contributed by atoms with Gasteiger partial charge in [0.05, 0.1) is 10.6 Å². The molecule has 2 aromatic heterocycles. The van der Waals surface area contributed by atoms with Crippen LogP contribution in [0.1, 0.15) is 34.9 Å². The van der Waals surface area contributed by atoms with Gasteiger partial charge in [0.15, 0.2) is 0 Å². The van der Waals surface area contributed by atoms with Crippen LogP contribution in [0.15, 0.2) is 0 Å². The van der Waals surface area contributed by atoms with E-state index in [-0.39, 0.29) is 0 Å². The summed E-state index contributed by atoms with van der Waals surface area (Å²) >= 11 is 5.94. The lowest BCUT2D eigenvalue weighted by Gasteiger charge is -2.20. The molecule has 21 heavy (non-hydrogen) atoms. The minimum absolute atomic E-state index is 0.461. The molecule has 0 saturated carbocycles. The fraction of sp³-hybridized carbons (Fsp3) is 0.600. The summed E-state index contributed by atoms with van der Waals surface area (Å²) in [6, 6.07) is 0. The van der Waals surface area contributed by atoms with Crippen molar-refractivity contribution in [3.05, 3.63) is 16.3 Å². The van der Waals surface area contributed by atoms with Gasteiger partial charge in [-0.2, -0.15) is 11.8 Å². The molecule has 1 aliphatic carbocycles. The minimum Gasteiger partial charge on any atom is -0.370 e. The van der Waals surface area contributed by atoms with Gasteiger partial charge >= 0.3 is 0 Å². The minimum atomic E-state index is 0.461. The molecule has 1 N–H and O–H groups in total. The predicted molar refractivity (Wildman–Crippen MR) is 96.1 cm³/mol. The van der Waals surface area contributed by atoms with Gasteiger partial charge in [-0.25, -0.2) is 9.97 Å². The quantitative estimate of drug-likeness (QED) is 0.911. The Bertz CT molecular complexity index is 662. The van der Waals surface area contributed by atoms with E-state index in [0.29, 0.717) is 5.25 Å². The molecule has 0 aromatic carbocycles. The average Bonchev–Trinajstić information content (AvgIpc) is 3.08. The molecule has 0 spiro atoms. The van der Waals surface area contributed by atoms with Crippen LogP contribution in [-0.4, -0.2) is 33.8 Å². The predicted octanol–water partition coefficient (Wildman–Crippen LogP) is 4.13. The number of fused-ring (bicyclic) bond motifs is 3. The molecule has 1 fully saturated rings. The first-order valence-corrected chi connectivity index (χ1v) is 10.6. The smallest absolute Gasteiger partial charge is 0.146 e. The second-order valence-corrected chi connectivity index (χ2v) is 8.98. The highest BCUT2D eigenvalue weighted by atomic mass is 32.2. The van der Waals surface area contributed by atoms with Crippen molar-refractivity contribution in [3.8, 4) is 0 Å². The van der Waals surface area contributed by atoms with Crippen LogP contribution in [0, 0.1) is 0 Å². The Morgan fingerprint density at radius 2 is 2.19 bits per heavy atom. The average molecular weight is 338 g/mol. The summed E-state index contributed by atoms with van der Waals surface area (Å²) in [7, 11) is 0. The Hall–Kier alpha value is -0.460. The number of hydrogen-bond donors (Lipinski definition) is 1. The van der Waals surface area contributed by atoms with Gasteiger partial charge in [-0.05, 0) is 31.7 Å². The van der Waals surface area contributed by atoms with E-state index < -0.39 is 0 Å². The van der Waals surface area contributed by atoms with Crippen molar-refractivity contribution in [2.75, 3.05) is 29.1 Å². The summed E-state index contributed by atoms with van der Waals surface area (Å²) < 4.78 is 0. The number of nitrogens with one attached hydrogen (secondary N) is 1. The molecule has 2 aliphatic rings. The third-order valence-corrected chi connectivity index (χ3v) is 7.97. The van der Waals surface area contributed by atoms with Crippen LogP contribution in [0.3, 0.4) is 0 Å². The first-order chi connectivity index (χ1) is 10.4. The molecule has 2 aromatic rings. The first-order valence-electron chi connectivity index (χ1n) is 7.62. The van der Waals surface area contributed by atoms with Crippen LogP contribution >= 0.6 is 34.9 Å². The van der Waals surface area contributed by atoms with Crippen molar-refractivity contribution in [2.24, 2.45) is 0 Å². The van der Waals surface area contributed by atoms with Gasteiger partial charge in [0.25, 0.3) is 0 Å². The molecule has 3 nitrogen and oxygen atoms in total. The molecule has 1 atom stereocenters. The normalized spacial score (nSPS) is 21.7. The summed E-state index contributed by atoms with van der Waals surface area (Å²) in [5, 5.41) is 5.26. The Kier molecular flexibility index (Phi) is 4.02. The van der Waals surface area contributed by atoms with Crippen molar-refractivity contribution < 1.29 is 0 Å². The van der Waals surface area contributed by atoms with Crippen LogP contribution in [0.5, 0.6) is 0 Å². The van der Waals surface area contributed by atoms with Gasteiger partial charge < -0.3 is 5.32 Å². The van der Waals surface area contributed by atoms with Crippen LogP contribution in [0.2, 0.25) is 0 Å². The molecular weight excluding hydrogens is 318 g/mol. The Balaban J connectivity index is 1.82. The molecule has 0 radical (unpaired) electrons. The van der Waals surface area contributed by atoms with Crippen molar-refractivity contribution in [1.29, 1.82) is 0 Å². The number of hydrogen-bond acceptors (Lipinski definition) is 6. The van der Waals surface area contributed by atoms with E-state index in [0.717, 1.165) is 23.9 Å². The first kappa shape index (κ1) is 14.2. The highest BCUT2D eigenvalue weighted by Crippen LogP contribution is 2.42. The largest absolute Gasteiger partial charge is 0.370 e. The van der Waals surface area contributed by atoms with Gasteiger partial charge in [0, 0.05) is 28.7 Å². The molecule has 4 rings (SSSR count). The molecule has 0 bridgehead atoms. The third kappa shape index (κ3) is 2.55. The zero-order chi connectivity index (χ0) is 14.2. The van der Waals surface area contributed by atoms with Gasteiger partial charge in [-0.1, -0.05) is 0 Å². The Labute approximate surface area is 137 Å². The molecule has 1 unspecified atom stereocenters. The van der Waals surface area contributed by atoms with Crippen molar-refractivity contribution >= 4 is 50.9 Å². The van der Waals surface area contributed by atoms with Crippen molar-refractivity contribution in [1.82, 2.24) is 9.97 Å². The summed E-state index contributed by atoms with van der Waals surface area (Å²) in [6.45, 7) is 3.06. The van der Waals surface area contributed by atoms with Crippen LogP contribution in [-0.2, 0) is 12.8 Å². The van der Waals surface area contributed by atoms with Gasteiger partial charge in [0.2, 0.25) is 0 Å². The maximum Gasteiger partial charge on any atom is 0.146 e. The molecule has 112 valence electrons. The van der Waals surface area contributed by atoms with E-state index in [1.807, 2.05) is 34.9 Å². The molecule has 1 saturated heterocycles. The summed E-state index contributed by atoms with van der Waals surface area (Å²) in [4.78, 5) is 12.6. The number of thioether (sulfide) groups is 2. The van der Waals surface area contributed by atoms with Crippen LogP contribution in [0.4, 0.5) is 5.82 Å². The summed E-state index contributed by atoms with van der Waals surface area (Å²) in [6.07, 6.45) is 3.72. The highest BCUT2D eigenvalue weighted by molar-refractivity contribution is 8.06. The summed E-state index contributed by atoms with van der Waals surface area (Å²) in [5.41, 5.74) is 1.52. The van der Waals surface area contributed by atoms with Gasteiger partial charge in [-0.15, -0.1) is 23.1 Å². The second kappa shape index (κ2) is 5.97. The molecule has 0 amide bonds. The van der Waals surface area contributed by atoms with E-state index in [1.165, 1.54) is 46.5 Å². The lowest BCUT2D eigenvalue weighted by molar-refractivity contribution is 0.914. The maximum absolute atomic E-state index is 4.94.